The number of imidazole rings is 1. The molecule has 5 aromatic rings. The second-order valence-electron chi connectivity index (χ2n) is 11.0. The van der Waals surface area contributed by atoms with E-state index in [1.807, 2.05) is 61.0 Å². The molecule has 11 heteroatoms. The molecule has 1 amide bonds. The fourth-order valence-corrected chi connectivity index (χ4v) is 5.55. The summed E-state index contributed by atoms with van der Waals surface area (Å²) in [5.41, 5.74) is 6.65. The molecule has 0 bridgehead atoms. The third kappa shape index (κ3) is 6.62. The molecule has 0 spiro atoms. The normalized spacial score (nSPS) is 14.4. The molecule has 45 heavy (non-hydrogen) atoms. The van der Waals surface area contributed by atoms with E-state index in [1.54, 1.807) is 18.2 Å². The number of nitrogens with one attached hydrogen (secondary N) is 2. The highest BCUT2D eigenvalue weighted by Crippen LogP contribution is 2.24. The van der Waals surface area contributed by atoms with E-state index in [-0.39, 0.29) is 11.7 Å². The number of aromatic amines is 1. The van der Waals surface area contributed by atoms with Gasteiger partial charge in [-0.15, -0.1) is 0 Å². The summed E-state index contributed by atoms with van der Waals surface area (Å²) in [6, 6.07) is 13.9. The van der Waals surface area contributed by atoms with Crippen LogP contribution in [0.5, 0.6) is 0 Å². The Balaban J connectivity index is 1.09. The van der Waals surface area contributed by atoms with Gasteiger partial charge < -0.3 is 9.88 Å². The summed E-state index contributed by atoms with van der Waals surface area (Å²) in [4.78, 5) is 28.9. The molecule has 0 saturated heterocycles. The van der Waals surface area contributed by atoms with Crippen molar-refractivity contribution < 1.29 is 9.18 Å². The fraction of sp³-hybridized carbons (Fsp3) is 0.206. The number of fused-ring (bicyclic) bond motifs is 2. The molecule has 1 aliphatic heterocycles. The van der Waals surface area contributed by atoms with Crippen molar-refractivity contribution in [3.05, 3.63) is 118 Å². The largest absolute Gasteiger partial charge is 0.329 e. The minimum Gasteiger partial charge on any atom is -0.329 e. The molecule has 2 aromatic carbocycles. The second kappa shape index (κ2) is 13.0. The molecule has 0 radical (unpaired) electrons. The number of aromatic nitrogens is 5. The summed E-state index contributed by atoms with van der Waals surface area (Å²) in [6.07, 6.45) is 9.10. The van der Waals surface area contributed by atoms with Crippen LogP contribution >= 0.6 is 11.6 Å². The minimum absolute atomic E-state index is 0.297. The number of hydrogen-bond donors (Lipinski definition) is 2. The maximum absolute atomic E-state index is 14.0. The Bertz CT molecular complexity index is 2020. The molecule has 0 atom stereocenters. The molecule has 3 aromatic heterocycles. The van der Waals surface area contributed by atoms with Crippen LogP contribution in [-0.2, 0) is 20.0 Å². The van der Waals surface area contributed by atoms with Crippen LogP contribution in [0.4, 0.5) is 10.1 Å². The van der Waals surface area contributed by atoms with Crippen LogP contribution < -0.4 is 5.32 Å². The number of carbonyl (C=O) groups excluding carboxylic acids is 1. The van der Waals surface area contributed by atoms with Gasteiger partial charge in [0.15, 0.2) is 5.65 Å². The van der Waals surface area contributed by atoms with Gasteiger partial charge in [-0.25, -0.2) is 14.4 Å². The van der Waals surface area contributed by atoms with Gasteiger partial charge in [0.2, 0.25) is 0 Å². The van der Waals surface area contributed by atoms with Gasteiger partial charge in [-0.05, 0) is 86.2 Å². The lowest BCUT2D eigenvalue weighted by atomic mass is 10.0. The quantitative estimate of drug-likeness (QED) is 0.140. The average Bonchev–Trinajstić information content (AvgIpc) is 3.56. The topological polar surface area (TPSA) is 104 Å². The van der Waals surface area contributed by atoms with Crippen molar-refractivity contribution >= 4 is 52.0 Å². The number of allylic oxidation sites excluding steroid dienone is 4. The highest BCUT2D eigenvalue weighted by atomic mass is 35.5. The van der Waals surface area contributed by atoms with Gasteiger partial charge in [-0.1, -0.05) is 35.9 Å². The molecular weight excluding hydrogens is 591 g/mol. The predicted molar refractivity (Wildman–Crippen MR) is 177 cm³/mol. The lowest BCUT2D eigenvalue weighted by Gasteiger charge is -2.26. The number of H-pyrrole nitrogens is 1. The molecule has 9 nitrogen and oxygen atoms in total. The molecule has 2 N–H and O–H groups in total. The van der Waals surface area contributed by atoms with Crippen molar-refractivity contribution in [2.45, 2.75) is 26.3 Å². The molecule has 0 saturated carbocycles. The van der Waals surface area contributed by atoms with Crippen molar-refractivity contribution in [1.29, 1.82) is 0 Å². The Labute approximate surface area is 264 Å². The number of amides is 1. The third-order valence-electron chi connectivity index (χ3n) is 7.97. The SMILES string of the molecule is C=N/C(=C\C=C/Cc1ccc(Cl)cc1F)C1=CCN(Cc2nc3nc(C(=O)Nc4ccc5n[nH]c(C)c5c4)ccc3n2C)CC1. The number of aliphatic imine (C=N–C) groups is 1. The number of pyridine rings is 1. The zero-order valence-corrected chi connectivity index (χ0v) is 25.8. The molecule has 0 fully saturated rings. The summed E-state index contributed by atoms with van der Waals surface area (Å²) in [6.45, 7) is 7.87. The minimum atomic E-state index is -0.314. The van der Waals surface area contributed by atoms with E-state index in [4.69, 9.17) is 16.6 Å². The zero-order valence-electron chi connectivity index (χ0n) is 25.0. The van der Waals surface area contributed by atoms with E-state index < -0.39 is 0 Å². The van der Waals surface area contributed by atoms with Gasteiger partial charge in [0.05, 0.1) is 23.3 Å². The van der Waals surface area contributed by atoms with Crippen molar-refractivity contribution in [3.63, 3.8) is 0 Å². The van der Waals surface area contributed by atoms with Crippen LogP contribution in [0.2, 0.25) is 5.02 Å². The highest BCUT2D eigenvalue weighted by molar-refractivity contribution is 6.30. The number of nitrogens with zero attached hydrogens (tertiary/aromatic N) is 6. The highest BCUT2D eigenvalue weighted by Gasteiger charge is 2.19. The summed E-state index contributed by atoms with van der Waals surface area (Å²) in [5.74, 6) is 0.248. The van der Waals surface area contributed by atoms with Crippen molar-refractivity contribution in [2.75, 3.05) is 18.4 Å². The molecule has 0 unspecified atom stereocenters. The van der Waals surface area contributed by atoms with E-state index in [0.717, 1.165) is 58.7 Å². The molecule has 1 aliphatic rings. The Morgan fingerprint density at radius 1 is 1.20 bits per heavy atom. The molecule has 228 valence electrons. The predicted octanol–water partition coefficient (Wildman–Crippen LogP) is 6.71. The number of hydrogen-bond acceptors (Lipinski definition) is 6. The number of halogens is 2. The Morgan fingerprint density at radius 3 is 2.84 bits per heavy atom. The summed E-state index contributed by atoms with van der Waals surface area (Å²) >= 11 is 5.84. The van der Waals surface area contributed by atoms with Crippen LogP contribution in [0.25, 0.3) is 22.1 Å². The molecular formula is C34H32ClFN8O. The molecule has 0 aliphatic carbocycles. The maximum Gasteiger partial charge on any atom is 0.274 e. The van der Waals surface area contributed by atoms with Crippen LogP contribution in [-0.4, -0.2) is 55.3 Å². The first-order chi connectivity index (χ1) is 21.8. The Kier molecular flexibility index (Phi) is 8.68. The van der Waals surface area contributed by atoms with Gasteiger partial charge in [-0.2, -0.15) is 5.10 Å². The Morgan fingerprint density at radius 2 is 2.07 bits per heavy atom. The number of anilines is 1. The van der Waals surface area contributed by atoms with E-state index in [0.29, 0.717) is 40.6 Å². The summed E-state index contributed by atoms with van der Waals surface area (Å²) in [5, 5.41) is 11.5. The standard InChI is InChI=1S/C34H32ClFN8O/c1-21-26-19-25(10-11-29(26)42-41-21)38-34(45)30-12-13-31-33(39-30)40-32(43(31)3)20-44-16-14-23(15-17-44)28(37-2)7-5-4-6-22-8-9-24(35)18-27(22)36/h4-5,7-14,18-19H,2,6,15-17,20H2,1,3H3,(H,38,45)(H,41,42)/b5-4-,28-7-. The van der Waals surface area contributed by atoms with Crippen molar-refractivity contribution in [1.82, 2.24) is 29.6 Å². The number of carbonyl (C=O) groups is 1. The van der Waals surface area contributed by atoms with Gasteiger partial charge in [-0.3, -0.25) is 19.8 Å². The van der Waals surface area contributed by atoms with Crippen molar-refractivity contribution in [2.24, 2.45) is 12.0 Å². The van der Waals surface area contributed by atoms with E-state index in [1.165, 1.54) is 6.07 Å². The second-order valence-corrected chi connectivity index (χ2v) is 11.4. The van der Waals surface area contributed by atoms with Crippen LogP contribution in [0, 0.1) is 12.7 Å². The first kappa shape index (κ1) is 30.1. The Hall–Kier alpha value is -4.93. The van der Waals surface area contributed by atoms with Gasteiger partial charge >= 0.3 is 0 Å². The number of rotatable bonds is 9. The number of aryl methyl sites for hydroxylation is 2. The van der Waals surface area contributed by atoms with Gasteiger partial charge in [0.1, 0.15) is 17.3 Å². The zero-order chi connectivity index (χ0) is 31.5. The van der Waals surface area contributed by atoms with Crippen molar-refractivity contribution in [3.8, 4) is 0 Å². The number of benzene rings is 2. The van der Waals surface area contributed by atoms with E-state index in [9.17, 15) is 9.18 Å². The smallest absolute Gasteiger partial charge is 0.274 e. The third-order valence-corrected chi connectivity index (χ3v) is 8.21. The monoisotopic (exact) mass is 622 g/mol. The molecule has 6 rings (SSSR count). The van der Waals surface area contributed by atoms with Gasteiger partial charge in [0, 0.05) is 41.9 Å². The average molecular weight is 623 g/mol. The van der Waals surface area contributed by atoms with Crippen LogP contribution in [0.1, 0.15) is 34.0 Å². The molecule has 4 heterocycles. The van der Waals surface area contributed by atoms with Crippen LogP contribution in [0.15, 0.2) is 89.1 Å². The summed E-state index contributed by atoms with van der Waals surface area (Å²) < 4.78 is 16.0. The maximum atomic E-state index is 14.0. The lowest BCUT2D eigenvalue weighted by molar-refractivity contribution is 0.102. The fourth-order valence-electron chi connectivity index (χ4n) is 5.39. The first-order valence-corrected chi connectivity index (χ1v) is 14.9. The van der Waals surface area contributed by atoms with Crippen LogP contribution in [0.3, 0.4) is 0 Å². The summed E-state index contributed by atoms with van der Waals surface area (Å²) in [7, 11) is 1.96. The first-order valence-electron chi connectivity index (χ1n) is 14.6. The van der Waals surface area contributed by atoms with E-state index in [2.05, 4.69) is 43.2 Å². The van der Waals surface area contributed by atoms with Gasteiger partial charge in [0.25, 0.3) is 5.91 Å². The lowest BCUT2D eigenvalue weighted by Crippen LogP contribution is -2.29. The van der Waals surface area contributed by atoms with E-state index >= 15 is 0 Å².